The molecule has 0 bridgehead atoms. The van der Waals surface area contributed by atoms with Gasteiger partial charge in [-0.05, 0) is 24.6 Å². The van der Waals surface area contributed by atoms with Gasteiger partial charge in [0.2, 0.25) is 0 Å². The molecule has 102 valence electrons. The number of hydrogen-bond donors (Lipinski definition) is 1. The molecule has 1 aromatic carbocycles. The van der Waals surface area contributed by atoms with Crippen molar-refractivity contribution in [3.63, 3.8) is 0 Å². The Morgan fingerprint density at radius 2 is 2.21 bits per heavy atom. The zero-order valence-corrected chi connectivity index (χ0v) is 11.5. The van der Waals surface area contributed by atoms with Gasteiger partial charge in [-0.2, -0.15) is 5.10 Å². The van der Waals surface area contributed by atoms with Crippen molar-refractivity contribution < 1.29 is 4.39 Å². The molecule has 0 radical (unpaired) electrons. The number of aromatic nitrogens is 2. The Kier molecular flexibility index (Phi) is 3.85. The van der Waals surface area contributed by atoms with Crippen molar-refractivity contribution in [2.75, 3.05) is 11.9 Å². The SMILES string of the molecule is C[C@H](N)c1ccc(N(C)Cc2cnn(C)c2)c(F)c1. The molecular formula is C14H19FN4. The average molecular weight is 262 g/mol. The van der Waals surface area contributed by atoms with E-state index in [9.17, 15) is 4.39 Å². The zero-order valence-electron chi connectivity index (χ0n) is 11.5. The Balaban J connectivity index is 2.17. The van der Waals surface area contributed by atoms with E-state index in [1.165, 1.54) is 6.07 Å². The van der Waals surface area contributed by atoms with E-state index in [1.807, 2.05) is 38.2 Å². The number of benzene rings is 1. The number of nitrogens with two attached hydrogens (primary N) is 1. The monoisotopic (exact) mass is 262 g/mol. The second-order valence-electron chi connectivity index (χ2n) is 4.88. The quantitative estimate of drug-likeness (QED) is 0.919. The second kappa shape index (κ2) is 5.40. The van der Waals surface area contributed by atoms with Crippen LogP contribution in [0.25, 0.3) is 0 Å². The van der Waals surface area contributed by atoms with Gasteiger partial charge >= 0.3 is 0 Å². The molecule has 5 heteroatoms. The van der Waals surface area contributed by atoms with Crippen LogP contribution in [0.2, 0.25) is 0 Å². The van der Waals surface area contributed by atoms with Gasteiger partial charge in [-0.1, -0.05) is 6.07 Å². The number of hydrogen-bond acceptors (Lipinski definition) is 3. The average Bonchev–Trinajstić information content (AvgIpc) is 2.74. The lowest BCUT2D eigenvalue weighted by molar-refractivity contribution is 0.617. The van der Waals surface area contributed by atoms with E-state index in [0.717, 1.165) is 11.1 Å². The van der Waals surface area contributed by atoms with Gasteiger partial charge in [-0.3, -0.25) is 4.68 Å². The van der Waals surface area contributed by atoms with Gasteiger partial charge < -0.3 is 10.6 Å². The summed E-state index contributed by atoms with van der Waals surface area (Å²) in [7, 11) is 3.72. The number of halogens is 1. The van der Waals surface area contributed by atoms with Crippen LogP contribution in [-0.4, -0.2) is 16.8 Å². The molecule has 19 heavy (non-hydrogen) atoms. The van der Waals surface area contributed by atoms with Gasteiger partial charge in [-0.25, -0.2) is 4.39 Å². The van der Waals surface area contributed by atoms with Crippen molar-refractivity contribution in [2.45, 2.75) is 19.5 Å². The summed E-state index contributed by atoms with van der Waals surface area (Å²) in [5.74, 6) is -0.249. The van der Waals surface area contributed by atoms with Gasteiger partial charge in [0.1, 0.15) is 5.82 Å². The van der Waals surface area contributed by atoms with Gasteiger partial charge in [0, 0.05) is 38.4 Å². The Bertz CT molecular complexity index is 562. The summed E-state index contributed by atoms with van der Waals surface area (Å²) in [6.45, 7) is 2.45. The number of rotatable bonds is 4. The molecule has 2 rings (SSSR count). The Labute approximate surface area is 112 Å². The maximum atomic E-state index is 14.1. The first-order valence-electron chi connectivity index (χ1n) is 6.21. The van der Waals surface area contributed by atoms with Crippen molar-refractivity contribution in [3.05, 3.63) is 47.5 Å². The van der Waals surface area contributed by atoms with E-state index in [0.29, 0.717) is 12.2 Å². The summed E-state index contributed by atoms with van der Waals surface area (Å²) < 4.78 is 15.8. The number of aryl methyl sites for hydroxylation is 1. The van der Waals surface area contributed by atoms with Crippen molar-refractivity contribution >= 4 is 5.69 Å². The van der Waals surface area contributed by atoms with E-state index in [4.69, 9.17) is 5.73 Å². The molecule has 2 N–H and O–H groups in total. The molecule has 0 saturated heterocycles. The van der Waals surface area contributed by atoms with Crippen LogP contribution in [-0.2, 0) is 13.6 Å². The highest BCUT2D eigenvalue weighted by atomic mass is 19.1. The van der Waals surface area contributed by atoms with Crippen molar-refractivity contribution in [1.29, 1.82) is 0 Å². The molecule has 1 atom stereocenters. The molecule has 0 amide bonds. The topological polar surface area (TPSA) is 47.1 Å². The molecule has 1 aromatic heterocycles. The zero-order chi connectivity index (χ0) is 14.0. The molecule has 0 aliphatic rings. The molecule has 4 nitrogen and oxygen atoms in total. The van der Waals surface area contributed by atoms with Crippen molar-refractivity contribution in [2.24, 2.45) is 12.8 Å². The molecule has 0 fully saturated rings. The first-order chi connectivity index (χ1) is 8.97. The summed E-state index contributed by atoms with van der Waals surface area (Å²) in [5, 5.41) is 4.10. The van der Waals surface area contributed by atoms with Gasteiger partial charge in [0.15, 0.2) is 0 Å². The third kappa shape index (κ3) is 3.12. The molecule has 0 aliphatic carbocycles. The summed E-state index contributed by atoms with van der Waals surface area (Å²) in [6.07, 6.45) is 3.70. The maximum absolute atomic E-state index is 14.1. The largest absolute Gasteiger partial charge is 0.368 e. The van der Waals surface area contributed by atoms with E-state index in [1.54, 1.807) is 16.9 Å². The van der Waals surface area contributed by atoms with Gasteiger partial charge in [0.25, 0.3) is 0 Å². The minimum Gasteiger partial charge on any atom is -0.368 e. The molecular weight excluding hydrogens is 243 g/mol. The smallest absolute Gasteiger partial charge is 0.146 e. The fourth-order valence-electron chi connectivity index (χ4n) is 2.03. The van der Waals surface area contributed by atoms with Crippen LogP contribution in [0.1, 0.15) is 24.1 Å². The normalized spacial score (nSPS) is 12.5. The van der Waals surface area contributed by atoms with Crippen molar-refractivity contribution in [1.82, 2.24) is 9.78 Å². The fourth-order valence-corrected chi connectivity index (χ4v) is 2.03. The minimum absolute atomic E-state index is 0.160. The van der Waals surface area contributed by atoms with Crippen LogP contribution in [0.3, 0.4) is 0 Å². The Hall–Kier alpha value is -1.88. The first-order valence-corrected chi connectivity index (χ1v) is 6.21. The highest BCUT2D eigenvalue weighted by molar-refractivity contribution is 5.49. The Morgan fingerprint density at radius 3 is 2.74 bits per heavy atom. The number of nitrogens with zero attached hydrogens (tertiary/aromatic N) is 3. The van der Waals surface area contributed by atoms with Gasteiger partial charge in [0.05, 0.1) is 11.9 Å². The predicted octanol–water partition coefficient (Wildman–Crippen LogP) is 2.22. The molecule has 2 aromatic rings. The Morgan fingerprint density at radius 1 is 1.47 bits per heavy atom. The van der Waals surface area contributed by atoms with Crippen LogP contribution >= 0.6 is 0 Å². The molecule has 1 heterocycles. The van der Waals surface area contributed by atoms with Crippen LogP contribution in [0.15, 0.2) is 30.6 Å². The summed E-state index contributed by atoms with van der Waals surface area (Å²) in [5.41, 5.74) is 8.15. The van der Waals surface area contributed by atoms with Crippen molar-refractivity contribution in [3.8, 4) is 0 Å². The second-order valence-corrected chi connectivity index (χ2v) is 4.88. The van der Waals surface area contributed by atoms with Crippen LogP contribution in [0.4, 0.5) is 10.1 Å². The molecule has 0 unspecified atom stereocenters. The number of anilines is 1. The summed E-state index contributed by atoms with van der Waals surface area (Å²) in [6, 6.07) is 4.97. The molecule has 0 saturated carbocycles. The van der Waals surface area contributed by atoms with Crippen LogP contribution in [0, 0.1) is 5.82 Å². The van der Waals surface area contributed by atoms with E-state index in [-0.39, 0.29) is 11.9 Å². The highest BCUT2D eigenvalue weighted by Gasteiger charge is 2.11. The standard InChI is InChI=1S/C14H19FN4/c1-10(16)12-4-5-14(13(15)6-12)18(2)8-11-7-17-19(3)9-11/h4-7,9-10H,8,16H2,1-3H3/t10-/m0/s1. The lowest BCUT2D eigenvalue weighted by Gasteiger charge is -2.20. The molecule has 0 aliphatic heterocycles. The van der Waals surface area contributed by atoms with Crippen LogP contribution in [0.5, 0.6) is 0 Å². The third-order valence-electron chi connectivity index (χ3n) is 3.09. The lowest BCUT2D eigenvalue weighted by Crippen LogP contribution is -2.18. The maximum Gasteiger partial charge on any atom is 0.146 e. The summed E-state index contributed by atoms with van der Waals surface area (Å²) >= 11 is 0. The van der Waals surface area contributed by atoms with E-state index >= 15 is 0 Å². The minimum atomic E-state index is -0.249. The van der Waals surface area contributed by atoms with Crippen LogP contribution < -0.4 is 10.6 Å². The van der Waals surface area contributed by atoms with E-state index < -0.39 is 0 Å². The molecule has 0 spiro atoms. The predicted molar refractivity (Wildman–Crippen MR) is 74.3 cm³/mol. The first kappa shape index (κ1) is 13.5. The highest BCUT2D eigenvalue weighted by Crippen LogP contribution is 2.23. The van der Waals surface area contributed by atoms with Gasteiger partial charge in [-0.15, -0.1) is 0 Å². The fraction of sp³-hybridized carbons (Fsp3) is 0.357. The summed E-state index contributed by atoms with van der Waals surface area (Å²) in [4.78, 5) is 1.86. The lowest BCUT2D eigenvalue weighted by atomic mass is 10.1. The third-order valence-corrected chi connectivity index (χ3v) is 3.09. The van der Waals surface area contributed by atoms with E-state index in [2.05, 4.69) is 5.10 Å².